The summed E-state index contributed by atoms with van der Waals surface area (Å²) in [6, 6.07) is 11.0. The first-order valence-corrected chi connectivity index (χ1v) is 9.68. The van der Waals surface area contributed by atoms with Crippen LogP contribution in [-0.4, -0.2) is 14.6 Å². The lowest BCUT2D eigenvalue weighted by Gasteiger charge is -2.12. The summed E-state index contributed by atoms with van der Waals surface area (Å²) in [4.78, 5) is 4.27. The molecule has 0 aliphatic heterocycles. The van der Waals surface area contributed by atoms with E-state index in [4.69, 9.17) is 34.8 Å². The van der Waals surface area contributed by atoms with E-state index in [9.17, 15) is 22.0 Å². The van der Waals surface area contributed by atoms with E-state index >= 15 is 0 Å². The summed E-state index contributed by atoms with van der Waals surface area (Å²) in [6.45, 7) is 0. The van der Waals surface area contributed by atoms with Crippen molar-refractivity contribution >= 4 is 40.4 Å². The summed E-state index contributed by atoms with van der Waals surface area (Å²) >= 11 is 17.2. The first-order valence-electron chi connectivity index (χ1n) is 8.54. The normalized spacial score (nSPS) is 12.5. The Morgan fingerprint density at radius 3 is 1.97 bits per heavy atom. The lowest BCUT2D eigenvalue weighted by Crippen LogP contribution is -2.12. The number of aromatic nitrogens is 3. The fraction of sp³-hybridized carbons (Fsp3) is 0.100. The third-order valence-corrected chi connectivity index (χ3v) is 5.37. The summed E-state index contributed by atoms with van der Waals surface area (Å²) in [5.74, 6) is 0. The molecule has 0 radical (unpaired) electrons. The zero-order valence-electron chi connectivity index (χ0n) is 15.1. The highest BCUT2D eigenvalue weighted by atomic mass is 35.5. The molecular formula is C20H9Cl3F5N3. The van der Waals surface area contributed by atoms with Gasteiger partial charge in [0.25, 0.3) is 0 Å². The molecule has 4 aromatic rings. The molecule has 2 heterocycles. The highest BCUT2D eigenvalue weighted by Crippen LogP contribution is 2.37. The van der Waals surface area contributed by atoms with Gasteiger partial charge in [-0.15, -0.1) is 0 Å². The quantitative estimate of drug-likeness (QED) is 0.217. The largest absolute Gasteiger partial charge is 0.416 e. The molecule has 0 spiro atoms. The van der Waals surface area contributed by atoms with Crippen LogP contribution in [-0.2, 0) is 11.6 Å². The van der Waals surface area contributed by atoms with Crippen molar-refractivity contribution < 1.29 is 22.0 Å². The highest BCUT2D eigenvalue weighted by molar-refractivity contribution is 6.42. The number of nitrogens with zero attached hydrogens (tertiary/aromatic N) is 3. The predicted molar refractivity (Wildman–Crippen MR) is 109 cm³/mol. The molecule has 2 aromatic carbocycles. The van der Waals surface area contributed by atoms with Gasteiger partial charge in [0, 0.05) is 17.2 Å². The van der Waals surface area contributed by atoms with Gasteiger partial charge in [-0.2, -0.15) is 27.1 Å². The van der Waals surface area contributed by atoms with Crippen molar-refractivity contribution in [2.75, 3.05) is 0 Å². The molecule has 0 saturated carbocycles. The van der Waals surface area contributed by atoms with E-state index in [1.54, 1.807) is 6.07 Å². The minimum Gasteiger partial charge on any atom is -0.228 e. The van der Waals surface area contributed by atoms with Gasteiger partial charge in [0.05, 0.1) is 27.0 Å². The minimum absolute atomic E-state index is 0.0112. The molecule has 4 rings (SSSR count). The van der Waals surface area contributed by atoms with Gasteiger partial charge in [-0.25, -0.2) is 9.50 Å². The Morgan fingerprint density at radius 2 is 1.39 bits per heavy atom. The third-order valence-electron chi connectivity index (χ3n) is 4.44. The van der Waals surface area contributed by atoms with Crippen LogP contribution in [0, 0.1) is 0 Å². The fourth-order valence-corrected chi connectivity index (χ4v) is 3.38. The Balaban J connectivity index is 1.87. The zero-order valence-corrected chi connectivity index (χ0v) is 17.3. The van der Waals surface area contributed by atoms with Gasteiger partial charge in [-0.1, -0.05) is 41.4 Å². The van der Waals surface area contributed by atoms with Crippen LogP contribution in [0.4, 0.5) is 22.0 Å². The highest BCUT2D eigenvalue weighted by Gasteiger charge is 2.33. The fourth-order valence-electron chi connectivity index (χ4n) is 2.95. The average Bonchev–Trinajstić information content (AvgIpc) is 3.12. The van der Waals surface area contributed by atoms with Gasteiger partial charge in [0.15, 0.2) is 5.65 Å². The number of halogens is 8. The molecule has 0 unspecified atom stereocenters. The van der Waals surface area contributed by atoms with Crippen molar-refractivity contribution in [1.82, 2.24) is 14.6 Å². The summed E-state index contributed by atoms with van der Waals surface area (Å²) in [5.41, 5.74) is -0.551. The summed E-state index contributed by atoms with van der Waals surface area (Å²) in [5, 5.41) is 0.882. The van der Waals surface area contributed by atoms with E-state index in [1.165, 1.54) is 18.2 Å². The van der Waals surface area contributed by atoms with Crippen molar-refractivity contribution in [1.29, 1.82) is 0 Å². The third kappa shape index (κ3) is 4.33. The number of hydrogen-bond acceptors (Lipinski definition) is 2. The van der Waals surface area contributed by atoms with Crippen molar-refractivity contribution in [3.8, 4) is 22.5 Å². The van der Waals surface area contributed by atoms with Crippen LogP contribution in [0.2, 0.25) is 10.0 Å². The molecule has 0 amide bonds. The molecule has 160 valence electrons. The Morgan fingerprint density at radius 1 is 0.742 bits per heavy atom. The molecule has 0 bridgehead atoms. The van der Waals surface area contributed by atoms with Crippen molar-refractivity contribution in [3.63, 3.8) is 0 Å². The second-order valence-corrected chi connectivity index (χ2v) is 7.82. The Hall–Kier alpha value is -2.42. The number of alkyl halides is 6. The standard InChI is InChI=1S/C20H9Cl3F5N3/c21-13-6-3-11(7-14(13)22)16-9-18-29-15(8-17(19(23,24)25)31(18)30-16)10-1-4-12(5-2-10)20(26,27)28/h1-9H. The van der Waals surface area contributed by atoms with Gasteiger partial charge >= 0.3 is 11.6 Å². The lowest BCUT2D eigenvalue weighted by atomic mass is 10.1. The van der Waals surface area contributed by atoms with Gasteiger partial charge in [0.2, 0.25) is 0 Å². The van der Waals surface area contributed by atoms with Crippen LogP contribution in [0.15, 0.2) is 54.6 Å². The minimum atomic E-state index is -4.52. The Labute approximate surface area is 187 Å². The van der Waals surface area contributed by atoms with E-state index in [1.807, 2.05) is 0 Å². The van der Waals surface area contributed by atoms with Crippen molar-refractivity contribution in [2.45, 2.75) is 11.6 Å². The van der Waals surface area contributed by atoms with Crippen LogP contribution < -0.4 is 0 Å². The first-order chi connectivity index (χ1) is 14.4. The van der Waals surface area contributed by atoms with E-state index in [2.05, 4.69) is 10.1 Å². The maximum atomic E-state index is 14.1. The van der Waals surface area contributed by atoms with E-state index in [-0.39, 0.29) is 27.6 Å². The first kappa shape index (κ1) is 21.8. The molecule has 0 aliphatic carbocycles. The van der Waals surface area contributed by atoms with Gasteiger partial charge in [-0.3, -0.25) is 0 Å². The Bertz CT molecular complexity index is 1280. The van der Waals surface area contributed by atoms with Crippen molar-refractivity contribution in [3.05, 3.63) is 75.9 Å². The average molecular weight is 493 g/mol. The zero-order chi connectivity index (χ0) is 22.6. The SMILES string of the molecule is FC(F)(F)c1ccc(-c2cc(C(F)(F)Cl)n3nc(-c4ccc(Cl)c(Cl)c4)cc3n2)cc1. The van der Waals surface area contributed by atoms with E-state index in [0.29, 0.717) is 10.6 Å². The summed E-state index contributed by atoms with van der Waals surface area (Å²) in [7, 11) is 0. The van der Waals surface area contributed by atoms with Crippen LogP contribution in [0.5, 0.6) is 0 Å². The number of rotatable bonds is 3. The molecule has 11 heteroatoms. The Kier molecular flexibility index (Phi) is 5.36. The molecule has 0 N–H and O–H groups in total. The van der Waals surface area contributed by atoms with Crippen LogP contribution in [0.1, 0.15) is 11.3 Å². The molecule has 2 aromatic heterocycles. The summed E-state index contributed by atoms with van der Waals surface area (Å²) < 4.78 is 67.5. The number of fused-ring (bicyclic) bond motifs is 1. The molecule has 3 nitrogen and oxygen atoms in total. The maximum Gasteiger partial charge on any atom is 0.416 e. The maximum absolute atomic E-state index is 14.1. The number of benzene rings is 2. The van der Waals surface area contributed by atoms with Crippen LogP contribution >= 0.6 is 34.8 Å². The van der Waals surface area contributed by atoms with Crippen molar-refractivity contribution in [2.24, 2.45) is 0 Å². The lowest BCUT2D eigenvalue weighted by molar-refractivity contribution is -0.137. The second kappa shape index (κ2) is 7.62. The van der Waals surface area contributed by atoms with Gasteiger partial charge < -0.3 is 0 Å². The molecule has 0 fully saturated rings. The van der Waals surface area contributed by atoms with E-state index in [0.717, 1.165) is 34.8 Å². The van der Waals surface area contributed by atoms with E-state index < -0.39 is 22.8 Å². The smallest absolute Gasteiger partial charge is 0.228 e. The molecular weight excluding hydrogens is 484 g/mol. The molecule has 0 atom stereocenters. The molecule has 0 saturated heterocycles. The van der Waals surface area contributed by atoms with Gasteiger partial charge in [-0.05, 0) is 41.9 Å². The molecule has 31 heavy (non-hydrogen) atoms. The summed E-state index contributed by atoms with van der Waals surface area (Å²) in [6.07, 6.45) is -4.52. The topological polar surface area (TPSA) is 30.2 Å². The van der Waals surface area contributed by atoms with Crippen LogP contribution in [0.25, 0.3) is 28.2 Å². The molecule has 0 aliphatic rings. The van der Waals surface area contributed by atoms with Crippen LogP contribution in [0.3, 0.4) is 0 Å². The predicted octanol–water partition coefficient (Wildman–Crippen LogP) is 7.68. The van der Waals surface area contributed by atoms with Gasteiger partial charge in [0.1, 0.15) is 5.69 Å². The second-order valence-electron chi connectivity index (χ2n) is 6.53. The monoisotopic (exact) mass is 491 g/mol. The number of hydrogen-bond donors (Lipinski definition) is 0.